The van der Waals surface area contributed by atoms with Crippen LogP contribution in [0.1, 0.15) is 26.7 Å². The van der Waals surface area contributed by atoms with Crippen molar-refractivity contribution < 1.29 is 0 Å². The highest BCUT2D eigenvalue weighted by Gasteiger charge is 2.23. The molecule has 2 rings (SSSR count). The van der Waals surface area contributed by atoms with Crippen molar-refractivity contribution in [2.45, 2.75) is 32.7 Å². The first kappa shape index (κ1) is 16.2. The molecule has 1 aromatic heterocycles. The molecule has 2 heterocycles. The third kappa shape index (κ3) is 3.95. The predicted molar refractivity (Wildman–Crippen MR) is 87.3 cm³/mol. The lowest BCUT2D eigenvalue weighted by Gasteiger charge is -2.35. The minimum Gasteiger partial charge on any atom is -0.341 e. The molecule has 7 heteroatoms. The molecule has 0 saturated carbocycles. The highest BCUT2D eigenvalue weighted by molar-refractivity contribution is 6.28. The third-order valence-electron chi connectivity index (χ3n) is 4.11. The Morgan fingerprint density at radius 3 is 2.24 bits per heavy atom. The normalized spacial score (nSPS) is 16.6. The van der Waals surface area contributed by atoms with E-state index in [0.29, 0.717) is 17.9 Å². The van der Waals surface area contributed by atoms with Gasteiger partial charge in [-0.15, -0.1) is 0 Å². The van der Waals surface area contributed by atoms with Gasteiger partial charge in [-0.25, -0.2) is 0 Å². The lowest BCUT2D eigenvalue weighted by Crippen LogP contribution is -2.42. The summed E-state index contributed by atoms with van der Waals surface area (Å²) in [6.45, 7) is 7.81. The molecule has 0 atom stereocenters. The molecule has 21 heavy (non-hydrogen) atoms. The van der Waals surface area contributed by atoms with Crippen LogP contribution >= 0.6 is 11.6 Å². The van der Waals surface area contributed by atoms with E-state index in [1.54, 1.807) is 0 Å². The molecule has 6 nitrogen and oxygen atoms in total. The summed E-state index contributed by atoms with van der Waals surface area (Å²) in [5.74, 6) is 1.37. The number of hydrogen-bond acceptors (Lipinski definition) is 6. The second-order valence-electron chi connectivity index (χ2n) is 5.56. The van der Waals surface area contributed by atoms with Crippen molar-refractivity contribution in [3.63, 3.8) is 0 Å². The van der Waals surface area contributed by atoms with Crippen LogP contribution in [0.2, 0.25) is 5.28 Å². The van der Waals surface area contributed by atoms with E-state index in [-0.39, 0.29) is 5.28 Å². The summed E-state index contributed by atoms with van der Waals surface area (Å²) in [6.07, 6.45) is 2.24. The van der Waals surface area contributed by atoms with Gasteiger partial charge in [0.05, 0.1) is 0 Å². The topological polar surface area (TPSA) is 48.4 Å². The molecule has 1 aliphatic rings. The molecule has 0 unspecified atom stereocenters. The van der Waals surface area contributed by atoms with Crippen LogP contribution in [0.4, 0.5) is 11.9 Å². The van der Waals surface area contributed by atoms with Gasteiger partial charge in [-0.2, -0.15) is 15.0 Å². The zero-order chi connectivity index (χ0) is 15.4. The molecule has 0 N–H and O–H groups in total. The first-order valence-electron chi connectivity index (χ1n) is 7.63. The van der Waals surface area contributed by atoms with Gasteiger partial charge >= 0.3 is 0 Å². The summed E-state index contributed by atoms with van der Waals surface area (Å²) in [6, 6.07) is 0.640. The van der Waals surface area contributed by atoms with Crippen LogP contribution in [0.3, 0.4) is 0 Å². The van der Waals surface area contributed by atoms with Crippen molar-refractivity contribution in [1.29, 1.82) is 0 Å². The van der Waals surface area contributed by atoms with Crippen molar-refractivity contribution in [3.05, 3.63) is 5.28 Å². The molecule has 0 spiro atoms. The molecule has 1 fully saturated rings. The van der Waals surface area contributed by atoms with Crippen molar-refractivity contribution >= 4 is 23.5 Å². The fraction of sp³-hybridized carbons (Fsp3) is 0.786. The Morgan fingerprint density at radius 1 is 1.10 bits per heavy atom. The highest BCUT2D eigenvalue weighted by Crippen LogP contribution is 2.21. The number of nitrogens with zero attached hydrogens (tertiary/aromatic N) is 6. The summed E-state index contributed by atoms with van der Waals surface area (Å²) in [5, 5.41) is 0.275. The predicted octanol–water partition coefficient (Wildman–Crippen LogP) is 1.90. The van der Waals surface area contributed by atoms with Crippen molar-refractivity contribution in [3.8, 4) is 0 Å². The molecule has 0 radical (unpaired) electrons. The van der Waals surface area contributed by atoms with Crippen LogP contribution in [0.15, 0.2) is 0 Å². The number of aromatic nitrogens is 3. The Morgan fingerprint density at radius 2 is 1.71 bits per heavy atom. The molecule has 1 saturated heterocycles. The van der Waals surface area contributed by atoms with Gasteiger partial charge in [0.25, 0.3) is 0 Å². The van der Waals surface area contributed by atoms with E-state index in [1.165, 1.54) is 0 Å². The summed E-state index contributed by atoms with van der Waals surface area (Å²) in [4.78, 5) is 19.7. The third-order valence-corrected chi connectivity index (χ3v) is 4.28. The van der Waals surface area contributed by atoms with E-state index in [0.717, 1.165) is 39.0 Å². The van der Waals surface area contributed by atoms with Crippen LogP contribution in [-0.4, -0.2) is 66.2 Å². The van der Waals surface area contributed by atoms with Crippen LogP contribution in [0, 0.1) is 0 Å². The van der Waals surface area contributed by atoms with E-state index in [4.69, 9.17) is 11.6 Å². The zero-order valence-electron chi connectivity index (χ0n) is 13.4. The lowest BCUT2D eigenvalue weighted by atomic mass is 10.0. The van der Waals surface area contributed by atoms with Gasteiger partial charge in [0.15, 0.2) is 0 Å². The highest BCUT2D eigenvalue weighted by atomic mass is 35.5. The van der Waals surface area contributed by atoms with Crippen molar-refractivity contribution in [2.75, 3.05) is 50.1 Å². The van der Waals surface area contributed by atoms with Gasteiger partial charge in [-0.3, -0.25) is 0 Å². The average Bonchev–Trinajstić information content (AvgIpc) is 2.48. The Hall–Kier alpha value is -1.14. The first-order valence-corrected chi connectivity index (χ1v) is 8.00. The number of rotatable bonds is 5. The van der Waals surface area contributed by atoms with Gasteiger partial charge in [0.2, 0.25) is 17.2 Å². The maximum absolute atomic E-state index is 6.08. The van der Waals surface area contributed by atoms with E-state index in [1.807, 2.05) is 0 Å². The number of piperidine rings is 1. The summed E-state index contributed by atoms with van der Waals surface area (Å²) in [5.41, 5.74) is 0. The largest absolute Gasteiger partial charge is 0.341 e. The summed E-state index contributed by atoms with van der Waals surface area (Å²) in [7, 11) is 4.28. The van der Waals surface area contributed by atoms with E-state index in [9.17, 15) is 0 Å². The van der Waals surface area contributed by atoms with Crippen LogP contribution in [0.5, 0.6) is 0 Å². The number of halogens is 1. The number of hydrogen-bond donors (Lipinski definition) is 0. The Bertz CT molecular complexity index is 455. The SMILES string of the molecule is CCN(CC)c1nc(Cl)nc(N2CCC(N(C)C)CC2)n1. The monoisotopic (exact) mass is 312 g/mol. The standard InChI is InChI=1S/C14H25ClN6/c1-5-20(6-2)13-16-12(15)17-14(18-13)21-9-7-11(8-10-21)19(3)4/h11H,5-10H2,1-4H3. The van der Waals surface area contributed by atoms with Crippen LogP contribution < -0.4 is 9.80 Å². The quantitative estimate of drug-likeness (QED) is 0.827. The molecule has 0 amide bonds. The van der Waals surface area contributed by atoms with E-state index in [2.05, 4.69) is 57.6 Å². The van der Waals surface area contributed by atoms with Crippen molar-refractivity contribution in [2.24, 2.45) is 0 Å². The Kier molecular flexibility index (Phi) is 5.58. The lowest BCUT2D eigenvalue weighted by molar-refractivity contribution is 0.249. The first-order chi connectivity index (χ1) is 10.0. The Balaban J connectivity index is 2.13. The number of anilines is 2. The fourth-order valence-electron chi connectivity index (χ4n) is 2.70. The molecule has 0 aliphatic carbocycles. The molecule has 1 aromatic rings. The molecule has 118 valence electrons. The summed E-state index contributed by atoms with van der Waals surface area (Å²) < 4.78 is 0. The smallest absolute Gasteiger partial charge is 0.231 e. The van der Waals surface area contributed by atoms with E-state index < -0.39 is 0 Å². The van der Waals surface area contributed by atoms with Gasteiger partial charge in [0.1, 0.15) is 0 Å². The maximum atomic E-state index is 6.08. The molecular formula is C14H25ClN6. The van der Waals surface area contributed by atoms with Gasteiger partial charge in [0, 0.05) is 32.2 Å². The second-order valence-corrected chi connectivity index (χ2v) is 5.90. The minimum atomic E-state index is 0.275. The van der Waals surface area contributed by atoms with Crippen molar-refractivity contribution in [1.82, 2.24) is 19.9 Å². The van der Waals surface area contributed by atoms with E-state index >= 15 is 0 Å². The average molecular weight is 313 g/mol. The van der Waals surface area contributed by atoms with Gasteiger partial charge in [-0.05, 0) is 52.4 Å². The Labute approximate surface area is 132 Å². The van der Waals surface area contributed by atoms with Gasteiger partial charge in [-0.1, -0.05) is 0 Å². The van der Waals surface area contributed by atoms with Crippen LogP contribution in [-0.2, 0) is 0 Å². The van der Waals surface area contributed by atoms with Crippen LogP contribution in [0.25, 0.3) is 0 Å². The second kappa shape index (κ2) is 7.22. The summed E-state index contributed by atoms with van der Waals surface area (Å²) >= 11 is 6.08. The molecule has 0 aromatic carbocycles. The molecule has 0 bridgehead atoms. The maximum Gasteiger partial charge on any atom is 0.231 e. The molecular weight excluding hydrogens is 288 g/mol. The fourth-order valence-corrected chi connectivity index (χ4v) is 2.85. The molecule has 1 aliphatic heterocycles. The zero-order valence-corrected chi connectivity index (χ0v) is 14.1. The minimum absolute atomic E-state index is 0.275. The van der Waals surface area contributed by atoms with Gasteiger partial charge < -0.3 is 14.7 Å².